The summed E-state index contributed by atoms with van der Waals surface area (Å²) >= 11 is 0. The maximum atomic E-state index is 11.5. The molecule has 0 radical (unpaired) electrons. The highest BCUT2D eigenvalue weighted by Crippen LogP contribution is 2.05. The average molecular weight is 229 g/mol. The van der Waals surface area contributed by atoms with Crippen LogP contribution >= 0.6 is 0 Å². The molecular formula is C13H27NO2. The molecule has 0 saturated heterocycles. The Hall–Kier alpha value is -0.570. The smallest absolute Gasteiger partial charge is 0.220 e. The number of carbonyl (C=O) groups excluding carboxylic acids is 1. The Bertz CT molecular complexity index is 181. The number of nitrogens with one attached hydrogen (secondary N) is 1. The van der Waals surface area contributed by atoms with E-state index in [4.69, 9.17) is 5.11 Å². The van der Waals surface area contributed by atoms with Gasteiger partial charge in [0.25, 0.3) is 0 Å². The lowest BCUT2D eigenvalue weighted by atomic mass is 10.1. The second kappa shape index (κ2) is 9.64. The molecule has 0 fully saturated rings. The topological polar surface area (TPSA) is 49.3 Å². The van der Waals surface area contributed by atoms with Crippen LogP contribution in [0.1, 0.15) is 65.7 Å². The van der Waals surface area contributed by atoms with E-state index in [1.807, 2.05) is 6.92 Å². The first-order valence-corrected chi connectivity index (χ1v) is 6.53. The summed E-state index contributed by atoms with van der Waals surface area (Å²) in [5.41, 5.74) is 0. The lowest BCUT2D eigenvalue weighted by Crippen LogP contribution is -2.34. The Morgan fingerprint density at radius 1 is 1.19 bits per heavy atom. The highest BCUT2D eigenvalue weighted by Gasteiger charge is 2.09. The SMILES string of the molecule is CCCCCCCC(=O)NC(C)CC(C)O. The van der Waals surface area contributed by atoms with E-state index in [2.05, 4.69) is 12.2 Å². The van der Waals surface area contributed by atoms with Gasteiger partial charge in [0.05, 0.1) is 6.10 Å². The molecular weight excluding hydrogens is 202 g/mol. The predicted octanol–water partition coefficient (Wildman–Crippen LogP) is 2.62. The van der Waals surface area contributed by atoms with Crippen molar-refractivity contribution in [1.29, 1.82) is 0 Å². The zero-order valence-electron chi connectivity index (χ0n) is 11.0. The van der Waals surface area contributed by atoms with Gasteiger partial charge >= 0.3 is 0 Å². The van der Waals surface area contributed by atoms with Crippen LogP contribution < -0.4 is 5.32 Å². The standard InChI is InChI=1S/C13H27NO2/c1-4-5-6-7-8-9-13(16)14-11(2)10-12(3)15/h11-12,15H,4-10H2,1-3H3,(H,14,16). The Kier molecular flexibility index (Phi) is 9.30. The highest BCUT2D eigenvalue weighted by atomic mass is 16.3. The van der Waals surface area contributed by atoms with Gasteiger partial charge in [-0.15, -0.1) is 0 Å². The first-order chi connectivity index (χ1) is 7.56. The summed E-state index contributed by atoms with van der Waals surface area (Å²) in [5, 5.41) is 12.1. The summed E-state index contributed by atoms with van der Waals surface area (Å²) in [6.45, 7) is 5.86. The zero-order chi connectivity index (χ0) is 12.4. The first kappa shape index (κ1) is 15.4. The first-order valence-electron chi connectivity index (χ1n) is 6.53. The summed E-state index contributed by atoms with van der Waals surface area (Å²) in [6.07, 6.45) is 6.75. The summed E-state index contributed by atoms with van der Waals surface area (Å²) in [5.74, 6) is 0.115. The molecule has 0 saturated carbocycles. The van der Waals surface area contributed by atoms with Crippen LogP contribution in [-0.4, -0.2) is 23.2 Å². The van der Waals surface area contributed by atoms with Crippen molar-refractivity contribution in [3.63, 3.8) is 0 Å². The molecule has 2 atom stereocenters. The van der Waals surface area contributed by atoms with E-state index < -0.39 is 0 Å². The summed E-state index contributed by atoms with van der Waals surface area (Å²) < 4.78 is 0. The molecule has 0 aliphatic carbocycles. The number of hydrogen-bond acceptors (Lipinski definition) is 2. The molecule has 2 unspecified atom stereocenters. The molecule has 0 rings (SSSR count). The zero-order valence-corrected chi connectivity index (χ0v) is 11.0. The van der Waals surface area contributed by atoms with Gasteiger partial charge in [-0.05, 0) is 26.7 Å². The Morgan fingerprint density at radius 2 is 1.81 bits per heavy atom. The fraction of sp³-hybridized carbons (Fsp3) is 0.923. The van der Waals surface area contributed by atoms with Crippen molar-refractivity contribution < 1.29 is 9.90 Å². The average Bonchev–Trinajstić information content (AvgIpc) is 2.15. The fourth-order valence-corrected chi connectivity index (χ4v) is 1.81. The molecule has 1 amide bonds. The summed E-state index contributed by atoms with van der Waals surface area (Å²) in [7, 11) is 0. The largest absolute Gasteiger partial charge is 0.393 e. The van der Waals surface area contributed by atoms with Crippen molar-refractivity contribution in [3.05, 3.63) is 0 Å². The van der Waals surface area contributed by atoms with Crippen LogP contribution in [0.5, 0.6) is 0 Å². The van der Waals surface area contributed by atoms with E-state index in [9.17, 15) is 4.79 Å². The number of carbonyl (C=O) groups is 1. The number of unbranched alkanes of at least 4 members (excludes halogenated alkanes) is 4. The van der Waals surface area contributed by atoms with Crippen LogP contribution in [0, 0.1) is 0 Å². The maximum absolute atomic E-state index is 11.5. The number of hydrogen-bond donors (Lipinski definition) is 2. The molecule has 0 aromatic rings. The third-order valence-corrected chi connectivity index (χ3v) is 2.61. The minimum atomic E-state index is -0.347. The van der Waals surface area contributed by atoms with Crippen molar-refractivity contribution >= 4 is 5.91 Å². The molecule has 0 aromatic heterocycles. The van der Waals surface area contributed by atoms with Gasteiger partial charge in [0.1, 0.15) is 0 Å². The minimum Gasteiger partial charge on any atom is -0.393 e. The van der Waals surface area contributed by atoms with Crippen LogP contribution in [0.2, 0.25) is 0 Å². The molecule has 16 heavy (non-hydrogen) atoms. The molecule has 96 valence electrons. The van der Waals surface area contributed by atoms with E-state index in [1.165, 1.54) is 19.3 Å². The Balaban J connectivity index is 3.43. The van der Waals surface area contributed by atoms with Crippen LogP contribution in [-0.2, 0) is 4.79 Å². The monoisotopic (exact) mass is 229 g/mol. The summed E-state index contributed by atoms with van der Waals surface area (Å²) in [4.78, 5) is 11.5. The predicted molar refractivity (Wildman–Crippen MR) is 67.3 cm³/mol. The number of rotatable bonds is 9. The van der Waals surface area contributed by atoms with E-state index >= 15 is 0 Å². The van der Waals surface area contributed by atoms with Crippen molar-refractivity contribution in [2.45, 2.75) is 77.9 Å². The van der Waals surface area contributed by atoms with E-state index in [1.54, 1.807) is 6.92 Å². The van der Waals surface area contributed by atoms with E-state index in [-0.39, 0.29) is 18.1 Å². The molecule has 0 spiro atoms. The minimum absolute atomic E-state index is 0.0724. The van der Waals surface area contributed by atoms with Crippen LogP contribution in [0.15, 0.2) is 0 Å². The number of amides is 1. The van der Waals surface area contributed by atoms with E-state index in [0.717, 1.165) is 12.8 Å². The van der Waals surface area contributed by atoms with Crippen molar-refractivity contribution in [2.24, 2.45) is 0 Å². The molecule has 0 bridgehead atoms. The van der Waals surface area contributed by atoms with Gasteiger partial charge in [-0.1, -0.05) is 32.6 Å². The number of aliphatic hydroxyl groups excluding tert-OH is 1. The third kappa shape index (κ3) is 9.97. The lowest BCUT2D eigenvalue weighted by molar-refractivity contribution is -0.121. The van der Waals surface area contributed by atoms with Gasteiger partial charge in [-0.25, -0.2) is 0 Å². The highest BCUT2D eigenvalue weighted by molar-refractivity contribution is 5.76. The van der Waals surface area contributed by atoms with Gasteiger partial charge < -0.3 is 10.4 Å². The maximum Gasteiger partial charge on any atom is 0.220 e. The molecule has 0 aliphatic heterocycles. The van der Waals surface area contributed by atoms with Crippen LogP contribution in [0.25, 0.3) is 0 Å². The Morgan fingerprint density at radius 3 is 2.38 bits per heavy atom. The lowest BCUT2D eigenvalue weighted by Gasteiger charge is -2.15. The van der Waals surface area contributed by atoms with Crippen LogP contribution in [0.3, 0.4) is 0 Å². The van der Waals surface area contributed by atoms with Crippen molar-refractivity contribution in [1.82, 2.24) is 5.32 Å². The van der Waals surface area contributed by atoms with Gasteiger partial charge in [-0.3, -0.25) is 4.79 Å². The molecule has 0 aliphatic rings. The van der Waals surface area contributed by atoms with Gasteiger partial charge in [-0.2, -0.15) is 0 Å². The second-order valence-corrected chi connectivity index (χ2v) is 4.72. The van der Waals surface area contributed by atoms with Crippen molar-refractivity contribution in [2.75, 3.05) is 0 Å². The normalized spacial score (nSPS) is 14.5. The molecule has 2 N–H and O–H groups in total. The summed E-state index contributed by atoms with van der Waals surface area (Å²) in [6, 6.07) is 0.0724. The second-order valence-electron chi connectivity index (χ2n) is 4.72. The fourth-order valence-electron chi connectivity index (χ4n) is 1.81. The van der Waals surface area contributed by atoms with Gasteiger partial charge in [0, 0.05) is 12.5 Å². The molecule has 0 heterocycles. The quantitative estimate of drug-likeness (QED) is 0.597. The van der Waals surface area contributed by atoms with Crippen LogP contribution in [0.4, 0.5) is 0 Å². The Labute approximate surface area is 99.6 Å². The van der Waals surface area contributed by atoms with E-state index in [0.29, 0.717) is 12.8 Å². The van der Waals surface area contributed by atoms with Gasteiger partial charge in [0.2, 0.25) is 5.91 Å². The third-order valence-electron chi connectivity index (χ3n) is 2.61. The molecule has 0 aromatic carbocycles. The molecule has 3 nitrogen and oxygen atoms in total. The van der Waals surface area contributed by atoms with Crippen molar-refractivity contribution in [3.8, 4) is 0 Å². The van der Waals surface area contributed by atoms with Gasteiger partial charge in [0.15, 0.2) is 0 Å². The number of aliphatic hydroxyl groups is 1. The molecule has 3 heteroatoms.